The van der Waals surface area contributed by atoms with Crippen LogP contribution in [0.15, 0.2) is 29.3 Å². The summed E-state index contributed by atoms with van der Waals surface area (Å²) >= 11 is 0. The summed E-state index contributed by atoms with van der Waals surface area (Å²) in [5.74, 6) is 0. The van der Waals surface area contributed by atoms with Crippen LogP contribution in [0.25, 0.3) is 0 Å². The van der Waals surface area contributed by atoms with E-state index in [0.717, 1.165) is 30.4 Å². The highest BCUT2D eigenvalue weighted by Crippen LogP contribution is 2.39. The van der Waals surface area contributed by atoms with Gasteiger partial charge in [0, 0.05) is 24.2 Å². The van der Waals surface area contributed by atoms with Crippen LogP contribution in [0, 0.1) is 0 Å². The van der Waals surface area contributed by atoms with Crippen molar-refractivity contribution in [3.63, 3.8) is 0 Å². The number of fused-ring (bicyclic) bond motifs is 1. The van der Waals surface area contributed by atoms with Crippen molar-refractivity contribution in [1.82, 2.24) is 9.78 Å². The molecule has 0 saturated heterocycles. The Labute approximate surface area is 156 Å². The minimum absolute atomic E-state index is 0.133. The maximum Gasteiger partial charge on any atom is 0.418 e. The molecule has 5 nitrogen and oxygen atoms in total. The van der Waals surface area contributed by atoms with Crippen molar-refractivity contribution in [1.29, 1.82) is 0 Å². The lowest BCUT2D eigenvalue weighted by molar-refractivity contribution is -0.137. The number of halogens is 3. The fourth-order valence-corrected chi connectivity index (χ4v) is 3.92. The van der Waals surface area contributed by atoms with E-state index in [1.54, 1.807) is 0 Å². The van der Waals surface area contributed by atoms with Gasteiger partial charge in [0.2, 0.25) is 0 Å². The van der Waals surface area contributed by atoms with Crippen LogP contribution < -0.4 is 5.32 Å². The number of hydrogen-bond donors (Lipinski definition) is 1. The van der Waals surface area contributed by atoms with E-state index in [0.29, 0.717) is 12.5 Å². The van der Waals surface area contributed by atoms with E-state index in [2.05, 4.69) is 10.4 Å². The Morgan fingerprint density at radius 3 is 2.59 bits per heavy atom. The van der Waals surface area contributed by atoms with Crippen molar-refractivity contribution in [2.45, 2.75) is 56.3 Å². The van der Waals surface area contributed by atoms with Gasteiger partial charge in [0.15, 0.2) is 9.84 Å². The number of hydrogen-bond acceptors (Lipinski definition) is 4. The standard InChI is InChI=1S/C18H22F3N3O2S/c1-11(2)24-10-12-5-4-6-16(17(12)23-24)22-15-8-7-13(27(3,25)26)9-14(15)18(19,20)21/h7-11,16,22H,4-6H2,1-3H3. The van der Waals surface area contributed by atoms with Crippen LogP contribution in [0.1, 0.15) is 55.6 Å². The molecule has 0 amide bonds. The quantitative estimate of drug-likeness (QED) is 0.826. The smallest absolute Gasteiger partial charge is 0.376 e. The van der Waals surface area contributed by atoms with Gasteiger partial charge >= 0.3 is 6.18 Å². The monoisotopic (exact) mass is 401 g/mol. The van der Waals surface area contributed by atoms with Crippen LogP contribution in [0.5, 0.6) is 0 Å². The Balaban J connectivity index is 1.99. The van der Waals surface area contributed by atoms with Crippen molar-refractivity contribution >= 4 is 15.5 Å². The molecule has 2 aromatic rings. The van der Waals surface area contributed by atoms with Gasteiger partial charge in [0.1, 0.15) is 0 Å². The predicted octanol–water partition coefficient (Wildman–Crippen LogP) is 4.38. The van der Waals surface area contributed by atoms with E-state index >= 15 is 0 Å². The molecule has 1 atom stereocenters. The van der Waals surface area contributed by atoms with Crippen LogP contribution in [0.4, 0.5) is 18.9 Å². The molecule has 0 aliphatic heterocycles. The number of anilines is 1. The van der Waals surface area contributed by atoms with Crippen LogP contribution in [0.2, 0.25) is 0 Å². The average Bonchev–Trinajstić information content (AvgIpc) is 2.98. The summed E-state index contributed by atoms with van der Waals surface area (Å²) in [6, 6.07) is 2.89. The van der Waals surface area contributed by atoms with Crippen LogP contribution in [0.3, 0.4) is 0 Å². The normalized spacial score (nSPS) is 17.8. The molecule has 148 valence electrons. The Morgan fingerprint density at radius 2 is 2.00 bits per heavy atom. The Hall–Kier alpha value is -2.03. The van der Waals surface area contributed by atoms with E-state index in [4.69, 9.17) is 0 Å². The molecule has 3 rings (SSSR count). The fourth-order valence-electron chi connectivity index (χ4n) is 3.27. The summed E-state index contributed by atoms with van der Waals surface area (Å²) in [5, 5.41) is 7.51. The van der Waals surface area contributed by atoms with Crippen LogP contribution in [-0.4, -0.2) is 24.5 Å². The average molecular weight is 401 g/mol. The van der Waals surface area contributed by atoms with Gasteiger partial charge in [-0.05, 0) is 56.9 Å². The molecule has 1 heterocycles. The number of nitrogens with zero attached hydrogens (tertiary/aromatic N) is 2. The zero-order valence-corrected chi connectivity index (χ0v) is 16.2. The molecule has 1 aliphatic rings. The molecule has 0 bridgehead atoms. The summed E-state index contributed by atoms with van der Waals surface area (Å²) in [7, 11) is -3.73. The van der Waals surface area contributed by atoms with Crippen LogP contribution in [-0.2, 0) is 22.4 Å². The van der Waals surface area contributed by atoms with Gasteiger partial charge in [-0.25, -0.2) is 8.42 Å². The third-order valence-electron chi connectivity index (χ3n) is 4.69. The SMILES string of the molecule is CC(C)n1cc2c(n1)C(Nc1ccc(S(C)(=O)=O)cc1C(F)(F)F)CCC2. The maximum atomic E-state index is 13.5. The van der Waals surface area contributed by atoms with E-state index in [1.165, 1.54) is 12.1 Å². The van der Waals surface area contributed by atoms with Gasteiger partial charge in [-0.3, -0.25) is 4.68 Å². The molecular formula is C18H22F3N3O2S. The number of aromatic nitrogens is 2. The maximum absolute atomic E-state index is 13.5. The number of benzene rings is 1. The van der Waals surface area contributed by atoms with Crippen molar-refractivity contribution in [2.75, 3.05) is 11.6 Å². The van der Waals surface area contributed by atoms with Gasteiger partial charge in [0.05, 0.1) is 22.2 Å². The fraction of sp³-hybridized carbons (Fsp3) is 0.500. The first-order valence-electron chi connectivity index (χ1n) is 8.72. The Bertz CT molecular complexity index is 949. The summed E-state index contributed by atoms with van der Waals surface area (Å²) < 4.78 is 65.7. The Kier molecular flexibility index (Phi) is 5.00. The second-order valence-electron chi connectivity index (χ2n) is 7.18. The molecule has 0 spiro atoms. The molecule has 27 heavy (non-hydrogen) atoms. The second kappa shape index (κ2) is 6.85. The van der Waals surface area contributed by atoms with Crippen molar-refractivity contribution in [2.24, 2.45) is 0 Å². The van der Waals surface area contributed by atoms with Gasteiger partial charge < -0.3 is 5.32 Å². The highest BCUT2D eigenvalue weighted by atomic mass is 32.2. The molecule has 0 radical (unpaired) electrons. The minimum atomic E-state index is -4.67. The zero-order valence-electron chi connectivity index (χ0n) is 15.3. The number of aryl methyl sites for hydroxylation is 1. The lowest BCUT2D eigenvalue weighted by atomic mass is 9.93. The third kappa shape index (κ3) is 4.12. The van der Waals surface area contributed by atoms with Crippen molar-refractivity contribution in [3.05, 3.63) is 41.2 Å². The molecule has 0 saturated carbocycles. The largest absolute Gasteiger partial charge is 0.418 e. The summed E-state index contributed by atoms with van der Waals surface area (Å²) in [4.78, 5) is -0.353. The first kappa shape index (κ1) is 19.7. The zero-order chi connectivity index (χ0) is 20.0. The molecule has 1 aromatic carbocycles. The summed E-state index contributed by atoms with van der Waals surface area (Å²) in [6.45, 7) is 3.99. The van der Waals surface area contributed by atoms with E-state index in [-0.39, 0.29) is 22.7 Å². The van der Waals surface area contributed by atoms with Gasteiger partial charge in [-0.15, -0.1) is 0 Å². The number of nitrogens with one attached hydrogen (secondary N) is 1. The summed E-state index contributed by atoms with van der Waals surface area (Å²) in [5.41, 5.74) is 0.678. The van der Waals surface area contributed by atoms with Crippen molar-refractivity contribution in [3.8, 4) is 0 Å². The first-order valence-corrected chi connectivity index (χ1v) is 10.6. The topological polar surface area (TPSA) is 64.0 Å². The number of sulfone groups is 1. The molecule has 1 unspecified atom stereocenters. The second-order valence-corrected chi connectivity index (χ2v) is 9.20. The van der Waals surface area contributed by atoms with Gasteiger partial charge in [0.25, 0.3) is 0 Å². The number of alkyl halides is 3. The molecule has 9 heteroatoms. The molecular weight excluding hydrogens is 379 g/mol. The van der Waals surface area contributed by atoms with E-state index < -0.39 is 21.6 Å². The molecule has 1 aromatic heterocycles. The predicted molar refractivity (Wildman–Crippen MR) is 96.5 cm³/mol. The summed E-state index contributed by atoms with van der Waals surface area (Å²) in [6.07, 6.45) is 0.522. The highest BCUT2D eigenvalue weighted by Gasteiger charge is 2.36. The van der Waals surface area contributed by atoms with E-state index in [1.807, 2.05) is 24.7 Å². The molecule has 1 N–H and O–H groups in total. The third-order valence-corrected chi connectivity index (χ3v) is 5.80. The van der Waals surface area contributed by atoms with E-state index in [9.17, 15) is 21.6 Å². The first-order chi connectivity index (χ1) is 12.5. The lowest BCUT2D eigenvalue weighted by Gasteiger charge is -2.25. The van der Waals surface area contributed by atoms with Gasteiger partial charge in [-0.2, -0.15) is 18.3 Å². The van der Waals surface area contributed by atoms with Crippen molar-refractivity contribution < 1.29 is 21.6 Å². The molecule has 0 fully saturated rings. The highest BCUT2D eigenvalue weighted by molar-refractivity contribution is 7.90. The van der Waals surface area contributed by atoms with Gasteiger partial charge in [-0.1, -0.05) is 0 Å². The number of rotatable bonds is 4. The lowest BCUT2D eigenvalue weighted by Crippen LogP contribution is -2.20. The molecule has 1 aliphatic carbocycles. The minimum Gasteiger partial charge on any atom is -0.376 e. The Morgan fingerprint density at radius 1 is 1.30 bits per heavy atom. The van der Waals surface area contributed by atoms with Crippen LogP contribution >= 0.6 is 0 Å².